The van der Waals surface area contributed by atoms with E-state index in [4.69, 9.17) is 5.73 Å². The summed E-state index contributed by atoms with van der Waals surface area (Å²) < 4.78 is 0. The number of aliphatic hydroxyl groups excluding tert-OH is 2. The Balaban J connectivity index is 2.00. The van der Waals surface area contributed by atoms with Gasteiger partial charge in [0.05, 0.1) is 17.3 Å². The SMILES string of the molecule is C/C(=N/O)c1ccc(O)c2c1C[C@@H]1C[C@@H]3[C@@H](N(C)C)C(=O)C(C(N)=O)=C(O)[C@]3(O)C(=O)C1=C2O. The molecule has 1 fully saturated rings. The number of hydrogen-bond donors (Lipinski definition) is 6. The molecule has 180 valence electrons. The van der Waals surface area contributed by atoms with Crippen LogP contribution >= 0.6 is 0 Å². The van der Waals surface area contributed by atoms with Crippen LogP contribution in [0, 0.1) is 11.8 Å². The van der Waals surface area contributed by atoms with Gasteiger partial charge in [0.2, 0.25) is 5.78 Å². The quantitative estimate of drug-likeness (QED) is 0.154. The highest BCUT2D eigenvalue weighted by molar-refractivity contribution is 6.24. The Hall–Kier alpha value is -3.70. The van der Waals surface area contributed by atoms with Crippen molar-refractivity contribution in [2.24, 2.45) is 22.7 Å². The third-order valence-electron chi connectivity index (χ3n) is 7.14. The number of amides is 1. The van der Waals surface area contributed by atoms with E-state index in [1.54, 1.807) is 0 Å². The van der Waals surface area contributed by atoms with E-state index in [9.17, 15) is 40.0 Å². The Labute approximate surface area is 194 Å². The number of benzene rings is 1. The molecule has 11 heteroatoms. The van der Waals surface area contributed by atoms with Crippen LogP contribution in [0.15, 0.2) is 34.2 Å². The number of phenols is 1. The second-order valence-electron chi connectivity index (χ2n) is 9.13. The van der Waals surface area contributed by atoms with Gasteiger partial charge in [0.25, 0.3) is 5.91 Å². The molecule has 1 aromatic carbocycles. The Morgan fingerprint density at radius 3 is 2.41 bits per heavy atom. The molecule has 34 heavy (non-hydrogen) atoms. The van der Waals surface area contributed by atoms with Gasteiger partial charge in [-0.3, -0.25) is 19.3 Å². The maximum Gasteiger partial charge on any atom is 0.255 e. The number of phenolic OH excluding ortho intramolecular Hbond substituents is 1. The standard InChI is InChI=1S/C23H25N3O8/c1-8(25-34)10-4-5-13(27)15-11(10)6-9-7-12-17(26(2)3)19(29)16(22(24)32)21(31)23(12,33)20(30)14(9)18(15)28/h4-5,9,12,17,27-28,31,33-34H,6-7H2,1-3H3,(H2,24,32)/b25-8-/t9-,12-,17-,23-/m1/s1. The fourth-order valence-electron chi connectivity index (χ4n) is 5.64. The number of likely N-dealkylation sites (N-methyl/N-ethyl adjacent to an activating group) is 1. The zero-order valence-corrected chi connectivity index (χ0v) is 18.7. The minimum Gasteiger partial charge on any atom is -0.508 e. The molecule has 0 aliphatic heterocycles. The summed E-state index contributed by atoms with van der Waals surface area (Å²) >= 11 is 0. The largest absolute Gasteiger partial charge is 0.508 e. The van der Waals surface area contributed by atoms with Crippen LogP contribution in [-0.2, 0) is 20.8 Å². The highest BCUT2D eigenvalue weighted by Crippen LogP contribution is 2.52. The zero-order chi connectivity index (χ0) is 25.3. The van der Waals surface area contributed by atoms with Crippen molar-refractivity contribution in [1.29, 1.82) is 0 Å². The summed E-state index contributed by atoms with van der Waals surface area (Å²) in [5.74, 6) is -7.10. The van der Waals surface area contributed by atoms with E-state index in [1.807, 2.05) is 0 Å². The van der Waals surface area contributed by atoms with Crippen LogP contribution in [0.1, 0.15) is 30.0 Å². The number of carbonyl (C=O) groups is 3. The lowest BCUT2D eigenvalue weighted by Gasteiger charge is -2.50. The van der Waals surface area contributed by atoms with E-state index in [-0.39, 0.29) is 35.4 Å². The van der Waals surface area contributed by atoms with Gasteiger partial charge in [-0.2, -0.15) is 0 Å². The molecular weight excluding hydrogens is 446 g/mol. The first-order valence-electron chi connectivity index (χ1n) is 10.6. The van der Waals surface area contributed by atoms with Gasteiger partial charge in [-0.15, -0.1) is 0 Å². The van der Waals surface area contributed by atoms with Gasteiger partial charge in [-0.1, -0.05) is 5.16 Å². The van der Waals surface area contributed by atoms with Gasteiger partial charge in [0, 0.05) is 17.1 Å². The average molecular weight is 471 g/mol. The van der Waals surface area contributed by atoms with Gasteiger partial charge < -0.3 is 31.4 Å². The number of nitrogens with zero attached hydrogens (tertiary/aromatic N) is 2. The molecule has 11 nitrogen and oxygen atoms in total. The molecule has 3 aliphatic rings. The Bertz CT molecular complexity index is 1240. The first-order valence-corrected chi connectivity index (χ1v) is 10.6. The molecule has 0 bridgehead atoms. The number of carbonyl (C=O) groups excluding carboxylic acids is 3. The molecule has 4 atom stereocenters. The van der Waals surface area contributed by atoms with E-state index in [1.165, 1.54) is 38.1 Å². The number of aromatic hydroxyl groups is 1. The lowest BCUT2D eigenvalue weighted by Crippen LogP contribution is -2.65. The van der Waals surface area contributed by atoms with Crippen molar-refractivity contribution in [3.63, 3.8) is 0 Å². The minimum absolute atomic E-state index is 0.0177. The molecule has 0 aromatic heterocycles. The summed E-state index contributed by atoms with van der Waals surface area (Å²) in [6.45, 7) is 1.53. The zero-order valence-electron chi connectivity index (χ0n) is 18.7. The highest BCUT2D eigenvalue weighted by atomic mass is 16.4. The maximum absolute atomic E-state index is 13.7. The van der Waals surface area contributed by atoms with E-state index in [0.29, 0.717) is 11.1 Å². The highest BCUT2D eigenvalue weighted by Gasteiger charge is 2.64. The third-order valence-corrected chi connectivity index (χ3v) is 7.14. The molecule has 3 aliphatic carbocycles. The number of primary amides is 1. The number of aliphatic hydroxyl groups is 3. The molecule has 0 radical (unpaired) electrons. The molecular formula is C23H25N3O8. The molecule has 0 heterocycles. The summed E-state index contributed by atoms with van der Waals surface area (Å²) in [5.41, 5.74) is 2.55. The fraction of sp³-hybridized carbons (Fsp3) is 0.391. The van der Waals surface area contributed by atoms with Crippen molar-refractivity contribution >= 4 is 28.9 Å². The van der Waals surface area contributed by atoms with E-state index < -0.39 is 58.0 Å². The molecule has 1 saturated carbocycles. The van der Waals surface area contributed by atoms with Crippen LogP contribution < -0.4 is 5.73 Å². The van der Waals surface area contributed by atoms with Gasteiger partial charge in [0.15, 0.2) is 11.4 Å². The average Bonchev–Trinajstić information content (AvgIpc) is 2.75. The van der Waals surface area contributed by atoms with Crippen molar-refractivity contribution in [2.45, 2.75) is 31.4 Å². The third kappa shape index (κ3) is 2.90. The van der Waals surface area contributed by atoms with Crippen molar-refractivity contribution < 1.29 is 40.0 Å². The number of rotatable bonds is 3. The molecule has 0 unspecified atom stereocenters. The number of fused-ring (bicyclic) bond motifs is 3. The molecule has 7 N–H and O–H groups in total. The molecule has 1 aromatic rings. The second-order valence-corrected chi connectivity index (χ2v) is 9.13. The fourth-order valence-corrected chi connectivity index (χ4v) is 5.64. The Morgan fingerprint density at radius 2 is 1.85 bits per heavy atom. The van der Waals surface area contributed by atoms with E-state index in [0.717, 1.165) is 0 Å². The molecule has 0 saturated heterocycles. The number of ketones is 2. The summed E-state index contributed by atoms with van der Waals surface area (Å²) in [6, 6.07) is 1.64. The lowest BCUT2D eigenvalue weighted by molar-refractivity contribution is -0.153. The second kappa shape index (κ2) is 7.67. The van der Waals surface area contributed by atoms with Crippen LogP contribution in [0.25, 0.3) is 5.76 Å². The monoisotopic (exact) mass is 471 g/mol. The summed E-state index contributed by atoms with van der Waals surface area (Å²) in [4.78, 5) is 40.1. The number of hydrogen-bond acceptors (Lipinski definition) is 10. The molecule has 1 amide bonds. The number of nitrogens with two attached hydrogens (primary N) is 1. The van der Waals surface area contributed by atoms with Crippen molar-refractivity contribution in [3.05, 3.63) is 45.7 Å². The first-order chi connectivity index (χ1) is 15.9. The molecule has 4 rings (SSSR count). The van der Waals surface area contributed by atoms with Crippen molar-refractivity contribution in [2.75, 3.05) is 14.1 Å². The normalized spacial score (nSPS) is 29.2. The first kappa shape index (κ1) is 23.5. The topological polar surface area (TPSA) is 194 Å². The van der Waals surface area contributed by atoms with Gasteiger partial charge in [-0.05, 0) is 57.5 Å². The van der Waals surface area contributed by atoms with Crippen molar-refractivity contribution in [1.82, 2.24) is 4.90 Å². The predicted molar refractivity (Wildman–Crippen MR) is 118 cm³/mol. The van der Waals surface area contributed by atoms with Crippen LogP contribution in [-0.4, -0.2) is 79.5 Å². The Kier molecular flexibility index (Phi) is 5.29. The van der Waals surface area contributed by atoms with Crippen LogP contribution in [0.5, 0.6) is 5.75 Å². The lowest BCUT2D eigenvalue weighted by atomic mass is 9.57. The van der Waals surface area contributed by atoms with Crippen LogP contribution in [0.2, 0.25) is 0 Å². The van der Waals surface area contributed by atoms with E-state index in [2.05, 4.69) is 5.16 Å². The minimum atomic E-state index is -2.68. The summed E-state index contributed by atoms with van der Waals surface area (Å²) in [6.07, 6.45) is 0.0985. The van der Waals surface area contributed by atoms with Crippen LogP contribution in [0.3, 0.4) is 0 Å². The van der Waals surface area contributed by atoms with Gasteiger partial charge in [0.1, 0.15) is 22.8 Å². The van der Waals surface area contributed by atoms with Gasteiger partial charge in [-0.25, -0.2) is 0 Å². The number of Topliss-reactive ketones (excluding diaryl/α,β-unsaturated/α-hetero) is 2. The van der Waals surface area contributed by atoms with E-state index >= 15 is 0 Å². The predicted octanol–water partition coefficient (Wildman–Crippen LogP) is 0.162. The van der Waals surface area contributed by atoms with Crippen molar-refractivity contribution in [3.8, 4) is 5.75 Å². The summed E-state index contributed by atoms with van der Waals surface area (Å²) in [5, 5.41) is 56.3. The maximum atomic E-state index is 13.7. The number of oxime groups is 1. The molecule has 0 spiro atoms. The smallest absolute Gasteiger partial charge is 0.255 e. The van der Waals surface area contributed by atoms with Gasteiger partial charge >= 0.3 is 0 Å². The summed E-state index contributed by atoms with van der Waals surface area (Å²) in [7, 11) is 3.06. The van der Waals surface area contributed by atoms with Crippen LogP contribution in [0.4, 0.5) is 0 Å². The Morgan fingerprint density at radius 1 is 1.21 bits per heavy atom.